The number of piperidine rings is 1. The molecule has 0 aromatic carbocycles. The molecule has 26 heavy (non-hydrogen) atoms. The van der Waals surface area contributed by atoms with Crippen molar-refractivity contribution in [1.82, 2.24) is 25.3 Å². The van der Waals surface area contributed by atoms with Crippen LogP contribution in [0, 0.1) is 0 Å². The first-order valence-electron chi connectivity index (χ1n) is 8.95. The highest BCUT2D eigenvalue weighted by Gasteiger charge is 2.25. The molecule has 2 aliphatic heterocycles. The topological polar surface area (TPSA) is 64.6 Å². The lowest BCUT2D eigenvalue weighted by Gasteiger charge is -2.38. The molecule has 2 saturated heterocycles. The summed E-state index contributed by atoms with van der Waals surface area (Å²) in [4.78, 5) is 18.9. The van der Waals surface area contributed by atoms with Crippen molar-refractivity contribution in [3.05, 3.63) is 18.3 Å². The van der Waals surface area contributed by atoms with Crippen molar-refractivity contribution in [3.63, 3.8) is 0 Å². The molecule has 3 rings (SSSR count). The van der Waals surface area contributed by atoms with Crippen LogP contribution < -0.4 is 10.2 Å². The number of aromatic nitrogens is 2. The van der Waals surface area contributed by atoms with Gasteiger partial charge in [-0.25, -0.2) is 0 Å². The molecule has 0 bridgehead atoms. The monoisotopic (exact) mass is 404 g/mol. The smallest absolute Gasteiger partial charge is 0.223 e. The van der Waals surface area contributed by atoms with Gasteiger partial charge in [-0.1, -0.05) is 0 Å². The Balaban J connectivity index is 0.00000169. The molecule has 0 spiro atoms. The number of piperazine rings is 1. The molecular weight excluding hydrogens is 375 g/mol. The summed E-state index contributed by atoms with van der Waals surface area (Å²) in [5, 5.41) is 11.5. The maximum Gasteiger partial charge on any atom is 0.223 e. The minimum atomic E-state index is 0. The van der Waals surface area contributed by atoms with Crippen molar-refractivity contribution >= 4 is 36.5 Å². The highest BCUT2D eigenvalue weighted by molar-refractivity contribution is 5.85. The predicted octanol–water partition coefficient (Wildman–Crippen LogP) is 1.04. The van der Waals surface area contributed by atoms with Gasteiger partial charge in [-0.2, -0.15) is 5.10 Å². The van der Waals surface area contributed by atoms with Gasteiger partial charge in [-0.3, -0.25) is 4.79 Å². The summed E-state index contributed by atoms with van der Waals surface area (Å²) < 4.78 is 0. The van der Waals surface area contributed by atoms with E-state index in [1.165, 1.54) is 6.42 Å². The fraction of sp³-hybridized carbons (Fsp3) is 0.706. The Morgan fingerprint density at radius 3 is 2.77 bits per heavy atom. The summed E-state index contributed by atoms with van der Waals surface area (Å²) in [5.41, 5.74) is 0. The van der Waals surface area contributed by atoms with Crippen LogP contribution in [-0.4, -0.2) is 84.8 Å². The Kier molecular flexibility index (Phi) is 10.2. The van der Waals surface area contributed by atoms with Crippen molar-refractivity contribution in [2.45, 2.75) is 25.3 Å². The van der Waals surface area contributed by atoms with Crippen LogP contribution >= 0.6 is 24.8 Å². The molecule has 2 aliphatic rings. The maximum atomic E-state index is 12.3. The third kappa shape index (κ3) is 6.23. The number of anilines is 1. The fourth-order valence-electron chi connectivity index (χ4n) is 3.51. The molecule has 0 saturated carbocycles. The van der Waals surface area contributed by atoms with Gasteiger partial charge >= 0.3 is 0 Å². The lowest BCUT2D eigenvalue weighted by molar-refractivity contribution is -0.132. The number of likely N-dealkylation sites (N-methyl/N-ethyl adjacent to an activating group) is 1. The summed E-state index contributed by atoms with van der Waals surface area (Å²) in [6.07, 6.45) is 4.64. The number of amides is 1. The zero-order chi connectivity index (χ0) is 16.8. The van der Waals surface area contributed by atoms with E-state index in [1.54, 1.807) is 6.20 Å². The number of hydrogen-bond acceptors (Lipinski definition) is 6. The van der Waals surface area contributed by atoms with Gasteiger partial charge in [0.15, 0.2) is 5.82 Å². The van der Waals surface area contributed by atoms with Gasteiger partial charge in [0.25, 0.3) is 0 Å². The number of hydrogen-bond donors (Lipinski definition) is 1. The third-order valence-electron chi connectivity index (χ3n) is 5.05. The molecular formula is C17H30Cl2N6O. The average Bonchev–Trinajstić information content (AvgIpc) is 2.67. The Labute approximate surface area is 168 Å². The van der Waals surface area contributed by atoms with Crippen LogP contribution in [0.2, 0.25) is 0 Å². The Morgan fingerprint density at radius 1 is 1.31 bits per heavy atom. The molecule has 3 heterocycles. The van der Waals surface area contributed by atoms with Crippen molar-refractivity contribution in [3.8, 4) is 0 Å². The van der Waals surface area contributed by atoms with Gasteiger partial charge in [0.1, 0.15) is 0 Å². The van der Waals surface area contributed by atoms with Crippen LogP contribution in [0.1, 0.15) is 19.3 Å². The zero-order valence-electron chi connectivity index (χ0n) is 15.3. The van der Waals surface area contributed by atoms with Crippen LogP contribution in [0.4, 0.5) is 5.82 Å². The van der Waals surface area contributed by atoms with E-state index in [9.17, 15) is 4.79 Å². The Bertz CT molecular complexity index is 529. The van der Waals surface area contributed by atoms with Crippen molar-refractivity contribution in [1.29, 1.82) is 0 Å². The second kappa shape index (κ2) is 11.5. The number of carbonyl (C=O) groups is 1. The van der Waals surface area contributed by atoms with E-state index < -0.39 is 0 Å². The molecule has 1 amide bonds. The van der Waals surface area contributed by atoms with Crippen molar-refractivity contribution < 1.29 is 4.79 Å². The molecule has 1 aromatic heterocycles. The van der Waals surface area contributed by atoms with Crippen molar-refractivity contribution in [2.75, 3.05) is 57.8 Å². The molecule has 9 heteroatoms. The molecule has 1 unspecified atom stereocenters. The van der Waals surface area contributed by atoms with Crippen LogP contribution in [0.15, 0.2) is 18.3 Å². The normalized spacial score (nSPS) is 20.3. The largest absolute Gasteiger partial charge is 0.354 e. The molecule has 0 aliphatic carbocycles. The molecule has 148 valence electrons. The lowest BCUT2D eigenvalue weighted by Crippen LogP contribution is -2.49. The molecule has 0 radical (unpaired) electrons. The SMILES string of the molecule is CN(CCC(=O)N1CCNCC1)C1CCCN(c2cccnn2)C1.Cl.Cl. The van der Waals surface area contributed by atoms with E-state index in [0.29, 0.717) is 12.5 Å². The summed E-state index contributed by atoms with van der Waals surface area (Å²) in [7, 11) is 2.13. The van der Waals surface area contributed by atoms with E-state index in [-0.39, 0.29) is 30.7 Å². The number of rotatable bonds is 5. The fourth-order valence-corrected chi connectivity index (χ4v) is 3.51. The number of nitrogens with zero attached hydrogens (tertiary/aromatic N) is 5. The van der Waals surface area contributed by atoms with Crippen LogP contribution in [0.3, 0.4) is 0 Å². The first-order valence-corrected chi connectivity index (χ1v) is 8.95. The van der Waals surface area contributed by atoms with E-state index in [1.807, 2.05) is 17.0 Å². The van der Waals surface area contributed by atoms with Gasteiger partial charge in [-0.15, -0.1) is 29.9 Å². The van der Waals surface area contributed by atoms with Gasteiger partial charge in [0.2, 0.25) is 5.91 Å². The van der Waals surface area contributed by atoms with Gasteiger partial charge in [0.05, 0.1) is 0 Å². The lowest BCUT2D eigenvalue weighted by atomic mass is 10.0. The van der Waals surface area contributed by atoms with E-state index in [2.05, 4.69) is 32.4 Å². The highest BCUT2D eigenvalue weighted by atomic mass is 35.5. The third-order valence-corrected chi connectivity index (χ3v) is 5.05. The van der Waals surface area contributed by atoms with Crippen molar-refractivity contribution in [2.24, 2.45) is 0 Å². The van der Waals surface area contributed by atoms with Gasteiger partial charge in [0, 0.05) is 64.5 Å². The van der Waals surface area contributed by atoms with Crippen LogP contribution in [0.25, 0.3) is 0 Å². The highest BCUT2D eigenvalue weighted by Crippen LogP contribution is 2.19. The minimum Gasteiger partial charge on any atom is -0.354 e. The molecule has 2 fully saturated rings. The number of carbonyl (C=O) groups excluding carboxylic acids is 1. The quantitative estimate of drug-likeness (QED) is 0.790. The van der Waals surface area contributed by atoms with Gasteiger partial charge in [-0.05, 0) is 32.0 Å². The maximum absolute atomic E-state index is 12.3. The molecule has 1 aromatic rings. The van der Waals surface area contributed by atoms with E-state index >= 15 is 0 Å². The minimum absolute atomic E-state index is 0. The summed E-state index contributed by atoms with van der Waals surface area (Å²) in [6.45, 7) is 6.31. The molecule has 1 N–H and O–H groups in total. The van der Waals surface area contributed by atoms with Crippen LogP contribution in [0.5, 0.6) is 0 Å². The standard InChI is InChI=1S/C17H28N6O.2ClH/c1-21(11-6-17(24)22-12-8-18-9-13-22)15-4-3-10-23(14-15)16-5-2-7-19-20-16;;/h2,5,7,15,18H,3-4,6,8-14H2,1H3;2*1H. The van der Waals surface area contributed by atoms with Crippen LogP contribution in [-0.2, 0) is 4.79 Å². The Hall–Kier alpha value is -1.15. The number of halogens is 2. The van der Waals surface area contributed by atoms with Gasteiger partial charge < -0.3 is 20.0 Å². The molecule has 7 nitrogen and oxygen atoms in total. The first kappa shape index (κ1) is 22.9. The second-order valence-electron chi connectivity index (χ2n) is 6.69. The van der Waals surface area contributed by atoms with E-state index in [0.717, 1.165) is 58.1 Å². The predicted molar refractivity (Wildman–Crippen MR) is 108 cm³/mol. The zero-order valence-corrected chi connectivity index (χ0v) is 17.0. The second-order valence-corrected chi connectivity index (χ2v) is 6.69. The molecule has 1 atom stereocenters. The van der Waals surface area contributed by atoms with E-state index in [4.69, 9.17) is 0 Å². The number of nitrogens with one attached hydrogen (secondary N) is 1. The Morgan fingerprint density at radius 2 is 2.08 bits per heavy atom. The summed E-state index contributed by atoms with van der Waals surface area (Å²) in [6, 6.07) is 4.42. The summed E-state index contributed by atoms with van der Waals surface area (Å²) in [5.74, 6) is 1.23. The average molecular weight is 405 g/mol. The first-order chi connectivity index (χ1) is 11.7. The summed E-state index contributed by atoms with van der Waals surface area (Å²) >= 11 is 0.